The van der Waals surface area contributed by atoms with E-state index < -0.39 is 0 Å². The molecule has 0 unspecified atom stereocenters. The van der Waals surface area contributed by atoms with E-state index >= 15 is 0 Å². The number of ether oxygens (including phenoxy) is 1. The summed E-state index contributed by atoms with van der Waals surface area (Å²) >= 11 is 0. The molecule has 0 aliphatic carbocycles. The summed E-state index contributed by atoms with van der Waals surface area (Å²) in [7, 11) is 1.59. The Bertz CT molecular complexity index is 107. The average Bonchev–Trinajstić information content (AvgIpc) is 2.33. The van der Waals surface area contributed by atoms with Crippen molar-refractivity contribution in [2.75, 3.05) is 13.7 Å². The Morgan fingerprint density at radius 2 is 2.56 bits per heavy atom. The summed E-state index contributed by atoms with van der Waals surface area (Å²) in [5, 5.41) is 4.23. The molecular formula is C5H10N2O2. The lowest BCUT2D eigenvalue weighted by Crippen LogP contribution is -2.24. The van der Waals surface area contributed by atoms with Gasteiger partial charge in [-0.1, -0.05) is 0 Å². The lowest BCUT2D eigenvalue weighted by Gasteiger charge is -2.14. The highest BCUT2D eigenvalue weighted by Crippen LogP contribution is 2.16. The Hall–Kier alpha value is -0.640. The van der Waals surface area contributed by atoms with Gasteiger partial charge in [0.1, 0.15) is 6.23 Å². The van der Waals surface area contributed by atoms with Crippen LogP contribution < -0.4 is 0 Å². The smallest absolute Gasteiger partial charge is 0.148 e. The SMILES string of the molecule is CO[C@@H]1CCCN1N=O. The number of rotatable bonds is 2. The molecule has 0 radical (unpaired) electrons. The van der Waals surface area contributed by atoms with Gasteiger partial charge in [-0.15, -0.1) is 4.91 Å². The lowest BCUT2D eigenvalue weighted by atomic mass is 10.4. The zero-order valence-corrected chi connectivity index (χ0v) is 5.41. The average molecular weight is 130 g/mol. The van der Waals surface area contributed by atoms with Crippen molar-refractivity contribution in [2.24, 2.45) is 5.29 Å². The van der Waals surface area contributed by atoms with Gasteiger partial charge in [-0.25, -0.2) is 5.01 Å². The van der Waals surface area contributed by atoms with E-state index in [0.717, 1.165) is 19.4 Å². The van der Waals surface area contributed by atoms with E-state index in [0.29, 0.717) is 0 Å². The van der Waals surface area contributed by atoms with Gasteiger partial charge in [0, 0.05) is 13.7 Å². The van der Waals surface area contributed by atoms with Gasteiger partial charge in [0.2, 0.25) is 0 Å². The molecule has 1 atom stereocenters. The highest BCUT2D eigenvalue weighted by atomic mass is 16.5. The van der Waals surface area contributed by atoms with E-state index in [1.807, 2.05) is 0 Å². The van der Waals surface area contributed by atoms with Gasteiger partial charge in [-0.2, -0.15) is 0 Å². The molecule has 0 saturated carbocycles. The number of hydrogen-bond acceptors (Lipinski definition) is 3. The van der Waals surface area contributed by atoms with Crippen LogP contribution in [0.15, 0.2) is 5.29 Å². The third kappa shape index (κ3) is 1.18. The Balaban J connectivity index is 2.41. The molecule has 0 N–H and O–H groups in total. The molecule has 4 nitrogen and oxygen atoms in total. The maximum atomic E-state index is 9.97. The summed E-state index contributed by atoms with van der Waals surface area (Å²) in [6.07, 6.45) is 1.86. The molecule has 0 aromatic carbocycles. The molecule has 4 heteroatoms. The molecule has 0 aromatic rings. The zero-order chi connectivity index (χ0) is 6.69. The molecule has 1 saturated heterocycles. The normalized spacial score (nSPS) is 26.8. The van der Waals surface area contributed by atoms with Crippen molar-refractivity contribution >= 4 is 0 Å². The molecule has 1 aliphatic heterocycles. The first-order valence-electron chi connectivity index (χ1n) is 3.01. The van der Waals surface area contributed by atoms with E-state index in [1.165, 1.54) is 5.01 Å². The van der Waals surface area contributed by atoms with Crippen LogP contribution in [-0.2, 0) is 4.74 Å². The largest absolute Gasteiger partial charge is 0.360 e. The van der Waals surface area contributed by atoms with Crippen LogP contribution in [0.1, 0.15) is 12.8 Å². The fraction of sp³-hybridized carbons (Fsp3) is 1.00. The first kappa shape index (κ1) is 6.48. The van der Waals surface area contributed by atoms with Crippen LogP contribution in [0.25, 0.3) is 0 Å². The summed E-state index contributed by atoms with van der Waals surface area (Å²) in [5.74, 6) is 0. The van der Waals surface area contributed by atoms with Crippen molar-refractivity contribution < 1.29 is 4.74 Å². The van der Waals surface area contributed by atoms with Gasteiger partial charge in [-0.3, -0.25) is 0 Å². The summed E-state index contributed by atoms with van der Waals surface area (Å²) in [6.45, 7) is 0.738. The number of hydrogen-bond donors (Lipinski definition) is 0. The van der Waals surface area contributed by atoms with Gasteiger partial charge in [0.05, 0.1) is 5.29 Å². The maximum Gasteiger partial charge on any atom is 0.148 e. The van der Waals surface area contributed by atoms with E-state index in [9.17, 15) is 4.91 Å². The second-order valence-corrected chi connectivity index (χ2v) is 2.08. The monoisotopic (exact) mass is 130 g/mol. The van der Waals surface area contributed by atoms with Crippen LogP contribution in [0.2, 0.25) is 0 Å². The predicted octanol–water partition coefficient (Wildman–Crippen LogP) is 0.736. The van der Waals surface area contributed by atoms with Gasteiger partial charge in [0.15, 0.2) is 0 Å². The quantitative estimate of drug-likeness (QED) is 0.517. The first-order chi connectivity index (χ1) is 4.38. The minimum absolute atomic E-state index is 0.0671. The van der Waals surface area contributed by atoms with E-state index in [1.54, 1.807) is 7.11 Å². The van der Waals surface area contributed by atoms with Gasteiger partial charge < -0.3 is 4.74 Å². The van der Waals surface area contributed by atoms with Gasteiger partial charge in [0.25, 0.3) is 0 Å². The predicted molar refractivity (Wildman–Crippen MR) is 32.5 cm³/mol. The van der Waals surface area contributed by atoms with Gasteiger partial charge in [-0.05, 0) is 12.8 Å². The van der Waals surface area contributed by atoms with Gasteiger partial charge >= 0.3 is 0 Å². The van der Waals surface area contributed by atoms with Crippen LogP contribution in [0.4, 0.5) is 0 Å². The van der Waals surface area contributed by atoms with Crippen molar-refractivity contribution in [3.63, 3.8) is 0 Å². The number of nitrogens with zero attached hydrogens (tertiary/aromatic N) is 2. The minimum atomic E-state index is -0.0671. The standard InChI is InChI=1S/C5H10N2O2/c1-9-5-3-2-4-7(5)6-8/h5H,2-4H2,1H3/t5-/m1/s1. The van der Waals surface area contributed by atoms with Crippen molar-refractivity contribution in [3.05, 3.63) is 4.91 Å². The Morgan fingerprint density at radius 1 is 1.78 bits per heavy atom. The molecule has 0 aromatic heterocycles. The molecule has 1 fully saturated rings. The van der Waals surface area contributed by atoms with Crippen molar-refractivity contribution in [2.45, 2.75) is 19.1 Å². The third-order valence-electron chi connectivity index (χ3n) is 1.55. The topological polar surface area (TPSA) is 41.9 Å². The van der Waals surface area contributed by atoms with Crippen molar-refractivity contribution in [1.82, 2.24) is 5.01 Å². The minimum Gasteiger partial charge on any atom is -0.360 e. The molecule has 9 heavy (non-hydrogen) atoms. The van der Waals surface area contributed by atoms with Crippen LogP contribution >= 0.6 is 0 Å². The molecule has 52 valence electrons. The van der Waals surface area contributed by atoms with Crippen LogP contribution in [0, 0.1) is 4.91 Å². The third-order valence-corrected chi connectivity index (χ3v) is 1.55. The summed E-state index contributed by atoms with van der Waals surface area (Å²) in [6, 6.07) is 0. The number of nitroso groups, excluding NO2 is 1. The van der Waals surface area contributed by atoms with Crippen LogP contribution in [0.5, 0.6) is 0 Å². The summed E-state index contributed by atoms with van der Waals surface area (Å²) in [5.41, 5.74) is 0. The molecule has 1 rings (SSSR count). The highest BCUT2D eigenvalue weighted by molar-refractivity contribution is 4.67. The van der Waals surface area contributed by atoms with E-state index in [4.69, 9.17) is 4.74 Å². The van der Waals surface area contributed by atoms with Crippen molar-refractivity contribution in [3.8, 4) is 0 Å². The molecule has 0 spiro atoms. The summed E-state index contributed by atoms with van der Waals surface area (Å²) in [4.78, 5) is 9.97. The lowest BCUT2D eigenvalue weighted by molar-refractivity contribution is -0.00345. The fourth-order valence-electron chi connectivity index (χ4n) is 1.05. The zero-order valence-electron chi connectivity index (χ0n) is 5.41. The van der Waals surface area contributed by atoms with Crippen molar-refractivity contribution in [1.29, 1.82) is 0 Å². The molecular weight excluding hydrogens is 120 g/mol. The highest BCUT2D eigenvalue weighted by Gasteiger charge is 2.23. The van der Waals surface area contributed by atoms with Crippen LogP contribution in [-0.4, -0.2) is 24.9 Å². The maximum absolute atomic E-state index is 9.97. The fourth-order valence-corrected chi connectivity index (χ4v) is 1.05. The Morgan fingerprint density at radius 3 is 3.00 bits per heavy atom. The Kier molecular flexibility index (Phi) is 2.00. The molecule has 0 bridgehead atoms. The molecule has 1 aliphatic rings. The molecule has 0 amide bonds. The second kappa shape index (κ2) is 2.77. The second-order valence-electron chi connectivity index (χ2n) is 2.08. The van der Waals surface area contributed by atoms with Crippen LogP contribution in [0.3, 0.4) is 0 Å². The first-order valence-corrected chi connectivity index (χ1v) is 3.01. The summed E-state index contributed by atoms with van der Waals surface area (Å²) < 4.78 is 4.95. The number of methoxy groups -OCH3 is 1. The van der Waals surface area contributed by atoms with E-state index in [-0.39, 0.29) is 6.23 Å². The van der Waals surface area contributed by atoms with E-state index in [2.05, 4.69) is 5.29 Å². The Labute approximate surface area is 53.7 Å². The molecule has 1 heterocycles.